The van der Waals surface area contributed by atoms with Gasteiger partial charge in [0.05, 0.1) is 12.2 Å². The number of ketones is 1. The topological polar surface area (TPSA) is 90.1 Å². The molecule has 31 heavy (non-hydrogen) atoms. The minimum Gasteiger partial charge on any atom is -0.390 e. The molecule has 0 radical (unpaired) electrons. The molecular weight excluding hydrogens is 392 g/mol. The fraction of sp³-hybridized carbons (Fsp3) is 0.917. The molecule has 1 unspecified atom stereocenters. The molecule has 1 heterocycles. The first-order valence-corrected chi connectivity index (χ1v) is 12.4. The van der Waals surface area contributed by atoms with Crippen LogP contribution in [-0.2, 0) is 16.1 Å². The number of tetrazole rings is 1. The Bertz CT molecular complexity index is 861. The molecule has 5 aliphatic carbocycles. The number of Topliss-reactive ketones (excluding diaryl/α,β-unsaturated/α-hetero) is 1. The fourth-order valence-electron chi connectivity index (χ4n) is 9.48. The summed E-state index contributed by atoms with van der Waals surface area (Å²) in [6.45, 7) is 3.49. The third-order valence-corrected chi connectivity index (χ3v) is 10.8. The molecule has 1 N–H and O–H groups in total. The highest BCUT2D eigenvalue weighted by Crippen LogP contribution is 2.72. The van der Waals surface area contributed by atoms with Crippen molar-refractivity contribution in [2.24, 2.45) is 46.3 Å². The van der Waals surface area contributed by atoms with E-state index in [-0.39, 0.29) is 34.7 Å². The first-order valence-electron chi connectivity index (χ1n) is 12.4. The van der Waals surface area contributed by atoms with Crippen LogP contribution in [0.4, 0.5) is 0 Å². The average molecular weight is 429 g/mol. The minimum absolute atomic E-state index is 0.0922. The Morgan fingerprint density at radius 1 is 1.10 bits per heavy atom. The molecule has 5 aliphatic rings. The monoisotopic (exact) mass is 428 g/mol. The third-order valence-electron chi connectivity index (χ3n) is 10.8. The number of ether oxygens (including phenoxy) is 1. The summed E-state index contributed by atoms with van der Waals surface area (Å²) in [5.41, 5.74) is -0.0355. The number of hydrogen-bond donors (Lipinski definition) is 1. The van der Waals surface area contributed by atoms with Gasteiger partial charge in [-0.15, -0.1) is 10.2 Å². The predicted molar refractivity (Wildman–Crippen MR) is 113 cm³/mol. The van der Waals surface area contributed by atoms with Gasteiger partial charge in [0, 0.05) is 18.4 Å². The van der Waals surface area contributed by atoms with Crippen LogP contribution in [0.3, 0.4) is 0 Å². The van der Waals surface area contributed by atoms with Crippen LogP contribution in [-0.4, -0.2) is 50.4 Å². The number of carbonyl (C=O) groups excluding carboxylic acids is 1. The lowest BCUT2D eigenvalue weighted by molar-refractivity contribution is -0.163. The van der Waals surface area contributed by atoms with Crippen LogP contribution in [0.25, 0.3) is 0 Å². The number of hydrogen-bond acceptors (Lipinski definition) is 6. The quantitative estimate of drug-likeness (QED) is 0.776. The van der Waals surface area contributed by atoms with E-state index in [4.69, 9.17) is 4.74 Å². The van der Waals surface area contributed by atoms with E-state index in [0.29, 0.717) is 29.6 Å². The number of fused-ring (bicyclic) bond motifs is 7. The summed E-state index contributed by atoms with van der Waals surface area (Å²) in [6, 6.07) is 0. The molecule has 0 bridgehead atoms. The van der Waals surface area contributed by atoms with Crippen LogP contribution in [0.1, 0.15) is 64.7 Å². The van der Waals surface area contributed by atoms with E-state index in [9.17, 15) is 9.90 Å². The van der Waals surface area contributed by atoms with E-state index >= 15 is 0 Å². The second kappa shape index (κ2) is 6.83. The normalized spacial score (nSPS) is 50.2. The lowest BCUT2D eigenvalue weighted by Gasteiger charge is -2.61. The average Bonchev–Trinajstić information content (AvgIpc) is 3.05. The van der Waals surface area contributed by atoms with Crippen LogP contribution in [0.15, 0.2) is 6.33 Å². The second-order valence-electron chi connectivity index (χ2n) is 11.7. The van der Waals surface area contributed by atoms with Gasteiger partial charge < -0.3 is 9.84 Å². The Kier molecular flexibility index (Phi) is 4.47. The van der Waals surface area contributed by atoms with Crippen LogP contribution in [0.5, 0.6) is 0 Å². The second-order valence-corrected chi connectivity index (χ2v) is 11.7. The molecule has 0 spiro atoms. The van der Waals surface area contributed by atoms with Gasteiger partial charge in [0.2, 0.25) is 0 Å². The predicted octanol–water partition coefficient (Wildman–Crippen LogP) is 2.89. The summed E-state index contributed by atoms with van der Waals surface area (Å²) in [7, 11) is 1.86. The smallest absolute Gasteiger partial charge is 0.162 e. The molecular formula is C24H36N4O3. The SMILES string of the molecule is COC[C@]12CC[C@]3(O)CC3[C@H]1CC[C@H]1[C@@H]3CC[C@H](C(=O)Cn4ncnn4)[C@@]3(C)CC[C@@H]12. The molecule has 7 nitrogen and oxygen atoms in total. The maximum atomic E-state index is 13.2. The lowest BCUT2D eigenvalue weighted by atomic mass is 9.44. The third kappa shape index (κ3) is 2.78. The van der Waals surface area contributed by atoms with E-state index in [1.807, 2.05) is 7.11 Å². The van der Waals surface area contributed by atoms with E-state index in [1.165, 1.54) is 36.8 Å². The van der Waals surface area contributed by atoms with Crippen molar-refractivity contribution in [3.63, 3.8) is 0 Å². The Morgan fingerprint density at radius 3 is 2.71 bits per heavy atom. The minimum atomic E-state index is -0.363. The molecule has 1 aromatic rings. The van der Waals surface area contributed by atoms with Crippen LogP contribution in [0.2, 0.25) is 0 Å². The van der Waals surface area contributed by atoms with Gasteiger partial charge in [0.15, 0.2) is 12.1 Å². The number of methoxy groups -OCH3 is 1. The molecule has 0 saturated heterocycles. The largest absolute Gasteiger partial charge is 0.390 e. The molecule has 0 aromatic carbocycles. The number of carbonyl (C=O) groups is 1. The van der Waals surface area contributed by atoms with Gasteiger partial charge >= 0.3 is 0 Å². The van der Waals surface area contributed by atoms with E-state index < -0.39 is 0 Å². The summed E-state index contributed by atoms with van der Waals surface area (Å²) in [6.07, 6.45) is 11.5. The highest BCUT2D eigenvalue weighted by atomic mass is 16.5. The fourth-order valence-corrected chi connectivity index (χ4v) is 9.48. The van der Waals surface area contributed by atoms with Crippen molar-refractivity contribution in [1.29, 1.82) is 0 Å². The molecule has 9 atom stereocenters. The van der Waals surface area contributed by atoms with Crippen molar-refractivity contribution in [3.8, 4) is 0 Å². The summed E-state index contributed by atoms with van der Waals surface area (Å²) in [4.78, 5) is 14.7. The molecule has 170 valence electrons. The zero-order valence-corrected chi connectivity index (χ0v) is 18.9. The van der Waals surface area contributed by atoms with Crippen molar-refractivity contribution < 1.29 is 14.6 Å². The number of aromatic nitrogens is 4. The standard InChI is InChI=1S/C24H36N4O3/c1-22-8-7-17-15(16(22)5-6-19(22)21(29)12-28-26-14-25-27-28)3-4-18-20-11-24(20,30)10-9-23(17,18)13-31-2/h14-20,30H,3-13H2,1-2H3/t15-,16-,17-,18+,19+,20?,22-,23-,24-/m0/s1. The molecule has 0 aliphatic heterocycles. The molecule has 5 saturated carbocycles. The molecule has 1 aromatic heterocycles. The molecule has 5 fully saturated rings. The van der Waals surface area contributed by atoms with Crippen molar-refractivity contribution in [1.82, 2.24) is 20.2 Å². The van der Waals surface area contributed by atoms with Gasteiger partial charge in [0.25, 0.3) is 0 Å². The summed E-state index contributed by atoms with van der Waals surface area (Å²) in [5, 5.41) is 22.6. The van der Waals surface area contributed by atoms with Gasteiger partial charge in [-0.25, -0.2) is 0 Å². The zero-order valence-electron chi connectivity index (χ0n) is 18.9. The highest BCUT2D eigenvalue weighted by molar-refractivity contribution is 5.81. The van der Waals surface area contributed by atoms with Gasteiger partial charge in [-0.3, -0.25) is 4.79 Å². The zero-order chi connectivity index (χ0) is 21.4. The van der Waals surface area contributed by atoms with Crippen molar-refractivity contribution in [3.05, 3.63) is 6.33 Å². The molecule has 7 heteroatoms. The Balaban J connectivity index is 1.26. The van der Waals surface area contributed by atoms with Crippen LogP contribution < -0.4 is 0 Å². The van der Waals surface area contributed by atoms with Crippen molar-refractivity contribution in [2.45, 2.75) is 76.9 Å². The van der Waals surface area contributed by atoms with Gasteiger partial charge in [-0.05, 0) is 98.0 Å². The van der Waals surface area contributed by atoms with E-state index in [1.54, 1.807) is 0 Å². The molecule has 6 rings (SSSR count). The van der Waals surface area contributed by atoms with Crippen molar-refractivity contribution in [2.75, 3.05) is 13.7 Å². The van der Waals surface area contributed by atoms with Crippen LogP contribution >= 0.6 is 0 Å². The summed E-state index contributed by atoms with van der Waals surface area (Å²) < 4.78 is 5.89. The Hall–Kier alpha value is -1.34. The number of aliphatic hydroxyl groups is 1. The van der Waals surface area contributed by atoms with Gasteiger partial charge in [-0.1, -0.05) is 6.92 Å². The molecule has 0 amide bonds. The Labute approximate surface area is 184 Å². The summed E-state index contributed by atoms with van der Waals surface area (Å²) >= 11 is 0. The number of rotatable bonds is 5. The van der Waals surface area contributed by atoms with Gasteiger partial charge in [-0.2, -0.15) is 4.80 Å². The first-order chi connectivity index (χ1) is 14.9. The van der Waals surface area contributed by atoms with Gasteiger partial charge in [0.1, 0.15) is 6.54 Å². The summed E-state index contributed by atoms with van der Waals surface area (Å²) in [5.74, 6) is 3.51. The van der Waals surface area contributed by atoms with E-state index in [0.717, 1.165) is 38.7 Å². The lowest BCUT2D eigenvalue weighted by Crippen LogP contribution is -2.57. The van der Waals surface area contributed by atoms with Crippen LogP contribution in [0, 0.1) is 46.3 Å². The first kappa shape index (κ1) is 20.3. The maximum Gasteiger partial charge on any atom is 0.162 e. The van der Waals surface area contributed by atoms with E-state index in [2.05, 4.69) is 22.3 Å². The maximum absolute atomic E-state index is 13.2. The highest BCUT2D eigenvalue weighted by Gasteiger charge is 2.70. The van der Waals surface area contributed by atoms with Crippen molar-refractivity contribution >= 4 is 5.78 Å². The Morgan fingerprint density at radius 2 is 1.94 bits per heavy atom. The number of nitrogens with zero attached hydrogens (tertiary/aromatic N) is 4.